The summed E-state index contributed by atoms with van der Waals surface area (Å²) in [6.07, 6.45) is 22.6. The van der Waals surface area contributed by atoms with Gasteiger partial charge in [0.15, 0.2) is 0 Å². The van der Waals surface area contributed by atoms with Crippen LogP contribution in [0.3, 0.4) is 0 Å². The van der Waals surface area contributed by atoms with E-state index in [2.05, 4.69) is 44.2 Å². The smallest absolute Gasteiger partial charge is 0.0575 e. The molecule has 1 aromatic rings. The van der Waals surface area contributed by atoms with Crippen LogP contribution in [0, 0.1) is 29.6 Å². The minimum Gasteiger partial charge on any atom is -0.379 e. The molecule has 3 aliphatic rings. The minimum atomic E-state index is 0.573. The summed E-state index contributed by atoms with van der Waals surface area (Å²) in [5.74, 6) is 5.84. The van der Waals surface area contributed by atoms with Crippen molar-refractivity contribution in [1.29, 1.82) is 0 Å². The number of benzene rings is 1. The fourth-order valence-corrected chi connectivity index (χ4v) is 7.56. The number of hydrogen-bond donors (Lipinski definition) is 0. The van der Waals surface area contributed by atoms with Gasteiger partial charge in [-0.05, 0) is 106 Å². The molecular weight excluding hydrogens is 388 g/mol. The summed E-state index contributed by atoms with van der Waals surface area (Å²) in [5.41, 5.74) is 1.54. The Balaban J connectivity index is 1.09. The van der Waals surface area contributed by atoms with E-state index in [1.807, 2.05) is 0 Å². The van der Waals surface area contributed by atoms with Crippen LogP contribution in [0.2, 0.25) is 0 Å². The molecule has 1 atom stereocenters. The zero-order valence-corrected chi connectivity index (χ0v) is 21.2. The van der Waals surface area contributed by atoms with Gasteiger partial charge >= 0.3 is 0 Å². The summed E-state index contributed by atoms with van der Waals surface area (Å²) in [6.45, 7) is 5.47. The van der Waals surface area contributed by atoms with Crippen LogP contribution < -0.4 is 0 Å². The van der Waals surface area contributed by atoms with Crippen molar-refractivity contribution < 1.29 is 4.74 Å². The third-order valence-electron chi connectivity index (χ3n) is 9.68. The fraction of sp³-hybridized carbons (Fsp3) is 0.806. The Labute approximate surface area is 199 Å². The molecule has 3 fully saturated rings. The van der Waals surface area contributed by atoms with E-state index in [0.29, 0.717) is 6.10 Å². The van der Waals surface area contributed by atoms with Gasteiger partial charge in [-0.2, -0.15) is 0 Å². The molecule has 1 aromatic carbocycles. The summed E-state index contributed by atoms with van der Waals surface area (Å²) < 4.78 is 5.84. The number of hydrogen-bond acceptors (Lipinski definition) is 1. The van der Waals surface area contributed by atoms with Crippen molar-refractivity contribution >= 4 is 0 Å². The van der Waals surface area contributed by atoms with Crippen molar-refractivity contribution in [1.82, 2.24) is 0 Å². The first-order valence-corrected chi connectivity index (χ1v) is 14.4. The van der Waals surface area contributed by atoms with E-state index in [1.54, 1.807) is 0 Å². The number of ether oxygens (including phenoxy) is 1. The van der Waals surface area contributed by atoms with Gasteiger partial charge in [-0.3, -0.25) is 0 Å². The predicted molar refractivity (Wildman–Crippen MR) is 137 cm³/mol. The molecular formula is C31H50O. The molecule has 0 saturated heterocycles. The van der Waals surface area contributed by atoms with Crippen LogP contribution in [0.25, 0.3) is 0 Å². The van der Waals surface area contributed by atoms with E-state index in [1.165, 1.54) is 102 Å². The van der Waals surface area contributed by atoms with Crippen LogP contribution in [0.4, 0.5) is 0 Å². The van der Waals surface area contributed by atoms with Crippen molar-refractivity contribution in [2.24, 2.45) is 29.6 Å². The highest BCUT2D eigenvalue weighted by molar-refractivity contribution is 5.18. The van der Waals surface area contributed by atoms with E-state index in [4.69, 9.17) is 4.74 Å². The van der Waals surface area contributed by atoms with Gasteiger partial charge in [0.2, 0.25) is 0 Å². The minimum absolute atomic E-state index is 0.573. The Morgan fingerprint density at radius 3 is 1.72 bits per heavy atom. The summed E-state index contributed by atoms with van der Waals surface area (Å²) in [4.78, 5) is 0. The first-order chi connectivity index (χ1) is 15.7. The second-order valence-corrected chi connectivity index (χ2v) is 11.8. The maximum Gasteiger partial charge on any atom is 0.0575 e. The van der Waals surface area contributed by atoms with Gasteiger partial charge in [0, 0.05) is 6.61 Å². The molecule has 0 N–H and O–H groups in total. The Bertz CT molecular complexity index is 615. The Morgan fingerprint density at radius 2 is 1.19 bits per heavy atom. The standard InChI is InChI=1S/C31H50O/c1-3-32-31-21-15-26(16-22-31)10-9-25-11-17-29(18-12-25)30-19-13-27(14-20-30)23-24(2)28-7-5-4-6-8-28/h4-8,24-27,29-31H,3,9-23H2,1-2H3/t24-,25?,26?,27?,29?,30?,31?/m1/s1. The Kier molecular flexibility index (Phi) is 9.56. The second-order valence-electron chi connectivity index (χ2n) is 11.8. The van der Waals surface area contributed by atoms with Crippen molar-refractivity contribution in [2.45, 2.75) is 122 Å². The molecule has 3 saturated carbocycles. The van der Waals surface area contributed by atoms with Gasteiger partial charge in [-0.15, -0.1) is 0 Å². The molecule has 0 radical (unpaired) electrons. The van der Waals surface area contributed by atoms with Crippen molar-refractivity contribution in [2.75, 3.05) is 6.61 Å². The predicted octanol–water partition coefficient (Wildman–Crippen LogP) is 9.17. The maximum atomic E-state index is 5.84. The van der Waals surface area contributed by atoms with E-state index in [9.17, 15) is 0 Å². The van der Waals surface area contributed by atoms with E-state index in [0.717, 1.165) is 42.1 Å². The average Bonchev–Trinajstić information content (AvgIpc) is 2.85. The molecule has 180 valence electrons. The van der Waals surface area contributed by atoms with Crippen LogP contribution in [0.5, 0.6) is 0 Å². The van der Waals surface area contributed by atoms with Crippen LogP contribution in [0.15, 0.2) is 30.3 Å². The van der Waals surface area contributed by atoms with Crippen molar-refractivity contribution in [3.63, 3.8) is 0 Å². The highest BCUT2D eigenvalue weighted by Crippen LogP contribution is 2.44. The van der Waals surface area contributed by atoms with E-state index >= 15 is 0 Å². The van der Waals surface area contributed by atoms with Crippen LogP contribution in [0.1, 0.15) is 122 Å². The first kappa shape index (κ1) is 24.3. The van der Waals surface area contributed by atoms with Gasteiger partial charge in [0.25, 0.3) is 0 Å². The highest BCUT2D eigenvalue weighted by atomic mass is 16.5. The topological polar surface area (TPSA) is 9.23 Å². The fourth-order valence-electron chi connectivity index (χ4n) is 7.56. The SMILES string of the molecule is CCOC1CCC(CCC2CCC(C3CCC(C[C@@H](C)c4ccccc4)CC3)CC2)CC1. The molecule has 0 heterocycles. The molecule has 0 aliphatic heterocycles. The molecule has 32 heavy (non-hydrogen) atoms. The summed E-state index contributed by atoms with van der Waals surface area (Å²) >= 11 is 0. The van der Waals surface area contributed by atoms with Gasteiger partial charge in [-0.1, -0.05) is 75.8 Å². The number of rotatable bonds is 9. The van der Waals surface area contributed by atoms with Crippen molar-refractivity contribution in [3.8, 4) is 0 Å². The maximum absolute atomic E-state index is 5.84. The highest BCUT2D eigenvalue weighted by Gasteiger charge is 2.31. The van der Waals surface area contributed by atoms with Crippen LogP contribution in [-0.4, -0.2) is 12.7 Å². The normalized spacial score (nSPS) is 34.8. The van der Waals surface area contributed by atoms with Crippen LogP contribution >= 0.6 is 0 Å². The quantitative estimate of drug-likeness (QED) is 0.373. The molecule has 0 amide bonds. The van der Waals surface area contributed by atoms with Crippen LogP contribution in [-0.2, 0) is 4.74 Å². The molecule has 0 bridgehead atoms. The lowest BCUT2D eigenvalue weighted by Crippen LogP contribution is -2.26. The van der Waals surface area contributed by atoms with E-state index in [-0.39, 0.29) is 0 Å². The lowest BCUT2D eigenvalue weighted by atomic mass is 9.67. The third kappa shape index (κ3) is 7.09. The lowest BCUT2D eigenvalue weighted by molar-refractivity contribution is 0.0237. The summed E-state index contributed by atoms with van der Waals surface area (Å²) in [7, 11) is 0. The van der Waals surface area contributed by atoms with E-state index < -0.39 is 0 Å². The molecule has 1 heteroatoms. The Hall–Kier alpha value is -0.820. The van der Waals surface area contributed by atoms with Gasteiger partial charge in [0.1, 0.15) is 0 Å². The van der Waals surface area contributed by atoms with Gasteiger partial charge < -0.3 is 4.74 Å². The summed E-state index contributed by atoms with van der Waals surface area (Å²) in [5, 5.41) is 0. The van der Waals surface area contributed by atoms with Crippen molar-refractivity contribution in [3.05, 3.63) is 35.9 Å². The molecule has 0 unspecified atom stereocenters. The third-order valence-corrected chi connectivity index (χ3v) is 9.68. The van der Waals surface area contributed by atoms with Gasteiger partial charge in [-0.25, -0.2) is 0 Å². The zero-order chi connectivity index (χ0) is 22.2. The molecule has 0 aromatic heterocycles. The largest absolute Gasteiger partial charge is 0.379 e. The second kappa shape index (κ2) is 12.6. The lowest BCUT2D eigenvalue weighted by Gasteiger charge is -2.38. The Morgan fingerprint density at radius 1 is 0.688 bits per heavy atom. The molecule has 3 aliphatic carbocycles. The van der Waals surface area contributed by atoms with Gasteiger partial charge in [0.05, 0.1) is 6.10 Å². The molecule has 0 spiro atoms. The average molecular weight is 439 g/mol. The monoisotopic (exact) mass is 438 g/mol. The molecule has 1 nitrogen and oxygen atoms in total. The summed E-state index contributed by atoms with van der Waals surface area (Å²) in [6, 6.07) is 11.2. The first-order valence-electron chi connectivity index (χ1n) is 14.4. The zero-order valence-electron chi connectivity index (χ0n) is 21.2. The molecule has 4 rings (SSSR count).